The summed E-state index contributed by atoms with van der Waals surface area (Å²) in [5.41, 5.74) is 5.47. The Hall–Kier alpha value is -0.0800. The van der Waals surface area contributed by atoms with Crippen LogP contribution in [0.15, 0.2) is 0 Å². The lowest BCUT2D eigenvalue weighted by molar-refractivity contribution is 0.0440. The first-order valence-corrected chi connectivity index (χ1v) is 4.52. The molecule has 2 N–H and O–H groups in total. The van der Waals surface area contributed by atoms with E-state index < -0.39 is 0 Å². The van der Waals surface area contributed by atoms with Gasteiger partial charge in [-0.2, -0.15) is 0 Å². The molecule has 0 saturated heterocycles. The van der Waals surface area contributed by atoms with Crippen molar-refractivity contribution in [3.8, 4) is 0 Å². The van der Waals surface area contributed by atoms with Crippen LogP contribution >= 0.6 is 0 Å². The molecule has 0 amide bonds. The van der Waals surface area contributed by atoms with Crippen LogP contribution in [-0.4, -0.2) is 19.8 Å². The van der Waals surface area contributed by atoms with Gasteiger partial charge in [-0.05, 0) is 18.9 Å². The van der Waals surface area contributed by atoms with Crippen molar-refractivity contribution in [2.75, 3.05) is 13.7 Å². The molecule has 0 unspecified atom stereocenters. The Balaban J connectivity index is 3.76. The molecule has 0 heterocycles. The number of nitrogens with two attached hydrogens (primary N) is 1. The van der Waals surface area contributed by atoms with E-state index in [0.29, 0.717) is 12.0 Å². The van der Waals surface area contributed by atoms with Crippen molar-refractivity contribution >= 4 is 0 Å². The molecule has 0 saturated carbocycles. The van der Waals surface area contributed by atoms with Gasteiger partial charge in [-0.25, -0.2) is 0 Å². The summed E-state index contributed by atoms with van der Waals surface area (Å²) in [6, 6.07) is 0. The van der Waals surface area contributed by atoms with Crippen LogP contribution in [-0.2, 0) is 4.74 Å². The van der Waals surface area contributed by atoms with Gasteiger partial charge in [0.2, 0.25) is 0 Å². The van der Waals surface area contributed by atoms with Crippen LogP contribution in [0.4, 0.5) is 0 Å². The van der Waals surface area contributed by atoms with Crippen molar-refractivity contribution in [1.29, 1.82) is 0 Å². The topological polar surface area (TPSA) is 35.2 Å². The lowest BCUT2D eigenvalue weighted by Gasteiger charge is -2.23. The first kappa shape index (κ1) is 10.9. The smallest absolute Gasteiger partial charge is 0.0611 e. The second-order valence-electron chi connectivity index (χ2n) is 2.93. The molecule has 0 aromatic carbocycles. The van der Waals surface area contributed by atoms with Crippen molar-refractivity contribution in [2.24, 2.45) is 11.7 Å². The molecule has 2 heteroatoms. The van der Waals surface area contributed by atoms with E-state index in [2.05, 4.69) is 13.8 Å². The lowest BCUT2D eigenvalue weighted by Crippen LogP contribution is -2.24. The molecule has 2 nitrogen and oxygen atoms in total. The molecule has 0 aromatic rings. The maximum absolute atomic E-state index is 5.47. The maximum Gasteiger partial charge on any atom is 0.0611 e. The second-order valence-corrected chi connectivity index (χ2v) is 2.93. The van der Waals surface area contributed by atoms with Crippen LogP contribution in [0.1, 0.15) is 33.1 Å². The Bertz CT molecular complexity index is 81.6. The Morgan fingerprint density at radius 3 is 2.09 bits per heavy atom. The van der Waals surface area contributed by atoms with Gasteiger partial charge in [0.05, 0.1) is 6.10 Å². The minimum atomic E-state index is 0.370. The maximum atomic E-state index is 5.47. The fourth-order valence-electron chi connectivity index (χ4n) is 1.52. The molecule has 68 valence electrons. The number of ether oxygens (including phenoxy) is 1. The summed E-state index contributed by atoms with van der Waals surface area (Å²) in [4.78, 5) is 0. The van der Waals surface area contributed by atoms with E-state index in [1.54, 1.807) is 7.11 Å². The van der Waals surface area contributed by atoms with E-state index in [9.17, 15) is 0 Å². The van der Waals surface area contributed by atoms with Gasteiger partial charge in [0.1, 0.15) is 0 Å². The van der Waals surface area contributed by atoms with Crippen molar-refractivity contribution in [3.63, 3.8) is 0 Å². The van der Waals surface area contributed by atoms with E-state index >= 15 is 0 Å². The summed E-state index contributed by atoms with van der Waals surface area (Å²) in [6.45, 7) is 5.14. The third kappa shape index (κ3) is 3.73. The number of rotatable bonds is 6. The largest absolute Gasteiger partial charge is 0.381 e. The number of hydrogen-bond donors (Lipinski definition) is 1. The molecule has 0 aliphatic carbocycles. The SMILES string of the molecule is CCC(CC)[C@H](CCN)OC. The highest BCUT2D eigenvalue weighted by Gasteiger charge is 2.16. The van der Waals surface area contributed by atoms with Gasteiger partial charge in [-0.1, -0.05) is 26.7 Å². The Morgan fingerprint density at radius 1 is 1.27 bits per heavy atom. The average molecular weight is 159 g/mol. The molecular weight excluding hydrogens is 138 g/mol. The fourth-order valence-corrected chi connectivity index (χ4v) is 1.52. The molecule has 0 aliphatic heterocycles. The molecule has 0 aromatic heterocycles. The molecule has 0 aliphatic rings. The third-order valence-corrected chi connectivity index (χ3v) is 2.33. The van der Waals surface area contributed by atoms with Crippen LogP contribution < -0.4 is 5.73 Å². The van der Waals surface area contributed by atoms with E-state index in [-0.39, 0.29) is 0 Å². The summed E-state index contributed by atoms with van der Waals surface area (Å²) < 4.78 is 5.35. The average Bonchev–Trinajstić information content (AvgIpc) is 2.05. The van der Waals surface area contributed by atoms with Gasteiger partial charge < -0.3 is 10.5 Å². The molecule has 0 fully saturated rings. The van der Waals surface area contributed by atoms with Crippen molar-refractivity contribution in [3.05, 3.63) is 0 Å². The minimum Gasteiger partial charge on any atom is -0.381 e. The zero-order valence-corrected chi connectivity index (χ0v) is 7.97. The van der Waals surface area contributed by atoms with Gasteiger partial charge in [-0.15, -0.1) is 0 Å². The van der Waals surface area contributed by atoms with Crippen LogP contribution in [0, 0.1) is 5.92 Å². The van der Waals surface area contributed by atoms with Crippen LogP contribution in [0.2, 0.25) is 0 Å². The second kappa shape index (κ2) is 6.62. The Kier molecular flexibility index (Phi) is 6.57. The summed E-state index contributed by atoms with van der Waals surface area (Å²) >= 11 is 0. The third-order valence-electron chi connectivity index (χ3n) is 2.33. The van der Waals surface area contributed by atoms with Gasteiger partial charge in [-0.3, -0.25) is 0 Å². The van der Waals surface area contributed by atoms with Crippen LogP contribution in [0.5, 0.6) is 0 Å². The van der Waals surface area contributed by atoms with E-state index in [4.69, 9.17) is 10.5 Å². The molecule has 1 atom stereocenters. The summed E-state index contributed by atoms with van der Waals surface area (Å²) in [5, 5.41) is 0. The van der Waals surface area contributed by atoms with Crippen molar-refractivity contribution < 1.29 is 4.74 Å². The van der Waals surface area contributed by atoms with Crippen molar-refractivity contribution in [2.45, 2.75) is 39.2 Å². The molecule has 0 rings (SSSR count). The van der Waals surface area contributed by atoms with Crippen LogP contribution in [0.3, 0.4) is 0 Å². The quantitative estimate of drug-likeness (QED) is 0.641. The Morgan fingerprint density at radius 2 is 1.82 bits per heavy atom. The van der Waals surface area contributed by atoms with Crippen molar-refractivity contribution in [1.82, 2.24) is 0 Å². The fraction of sp³-hybridized carbons (Fsp3) is 1.00. The van der Waals surface area contributed by atoms with Gasteiger partial charge in [0, 0.05) is 7.11 Å². The van der Waals surface area contributed by atoms with Gasteiger partial charge >= 0.3 is 0 Å². The first-order chi connectivity index (χ1) is 5.29. The molecule has 0 bridgehead atoms. The normalized spacial score (nSPS) is 13.9. The standard InChI is InChI=1S/C9H21NO/c1-4-8(5-2)9(11-3)6-7-10/h8-9H,4-7,10H2,1-3H3/t9-/m0/s1. The molecule has 0 radical (unpaired) electrons. The monoisotopic (exact) mass is 159 g/mol. The minimum absolute atomic E-state index is 0.370. The van der Waals surface area contributed by atoms with Crippen LogP contribution in [0.25, 0.3) is 0 Å². The highest BCUT2D eigenvalue weighted by molar-refractivity contribution is 4.67. The molecule has 11 heavy (non-hydrogen) atoms. The lowest BCUT2D eigenvalue weighted by atomic mass is 9.94. The first-order valence-electron chi connectivity index (χ1n) is 4.52. The number of hydrogen-bond acceptors (Lipinski definition) is 2. The highest BCUT2D eigenvalue weighted by atomic mass is 16.5. The van der Waals surface area contributed by atoms with Gasteiger partial charge in [0.25, 0.3) is 0 Å². The van der Waals surface area contributed by atoms with E-state index in [1.165, 1.54) is 12.8 Å². The predicted octanol–water partition coefficient (Wildman–Crippen LogP) is 1.79. The zero-order valence-electron chi connectivity index (χ0n) is 7.97. The highest BCUT2D eigenvalue weighted by Crippen LogP contribution is 2.17. The zero-order chi connectivity index (χ0) is 8.69. The van der Waals surface area contributed by atoms with Gasteiger partial charge in [0.15, 0.2) is 0 Å². The summed E-state index contributed by atoms with van der Waals surface area (Å²) in [5.74, 6) is 0.684. The van der Waals surface area contributed by atoms with E-state index in [1.807, 2.05) is 0 Å². The summed E-state index contributed by atoms with van der Waals surface area (Å²) in [7, 11) is 1.78. The molecule has 0 spiro atoms. The van der Waals surface area contributed by atoms with E-state index in [0.717, 1.165) is 13.0 Å². The molecular formula is C9H21NO. The Labute approximate surface area is 70.1 Å². The number of methoxy groups -OCH3 is 1. The summed E-state index contributed by atoms with van der Waals surface area (Å²) in [6.07, 6.45) is 3.74. The predicted molar refractivity (Wildman–Crippen MR) is 48.5 cm³/mol.